The summed E-state index contributed by atoms with van der Waals surface area (Å²) < 4.78 is 32.1. The number of hydrogen-bond acceptors (Lipinski definition) is 4. The molecule has 2 aromatic carbocycles. The lowest BCUT2D eigenvalue weighted by molar-refractivity contribution is -0.116. The second-order valence-corrected chi connectivity index (χ2v) is 8.49. The van der Waals surface area contributed by atoms with Crippen molar-refractivity contribution in [3.05, 3.63) is 47.5 Å². The van der Waals surface area contributed by atoms with Gasteiger partial charge in [0.25, 0.3) is 0 Å². The van der Waals surface area contributed by atoms with Gasteiger partial charge in [0, 0.05) is 26.2 Å². The Morgan fingerprint density at radius 1 is 1.07 bits per heavy atom. The largest absolute Gasteiger partial charge is 0.497 e. The van der Waals surface area contributed by atoms with Crippen LogP contribution < -0.4 is 18.7 Å². The zero-order chi connectivity index (χ0) is 19.8. The zero-order valence-corrected chi connectivity index (χ0v) is 16.6. The molecule has 2 aromatic rings. The van der Waals surface area contributed by atoms with Crippen LogP contribution in [-0.2, 0) is 21.4 Å². The van der Waals surface area contributed by atoms with Crippen molar-refractivity contribution in [1.82, 2.24) is 0 Å². The molecule has 8 heteroatoms. The van der Waals surface area contributed by atoms with Crippen LogP contribution in [0.15, 0.2) is 36.4 Å². The summed E-state index contributed by atoms with van der Waals surface area (Å²) in [5, 5.41) is 2.89. The molecule has 0 saturated heterocycles. The Morgan fingerprint density at radius 2 is 1.67 bits per heavy atom. The SMILES string of the molecule is COc1ccc(CCC(=O)Nc2cc3c(cc2C)N(C)S(=O)(=O)N3C)cc1. The van der Waals surface area contributed by atoms with E-state index in [1.54, 1.807) is 19.2 Å². The summed E-state index contributed by atoms with van der Waals surface area (Å²) in [4.78, 5) is 12.4. The molecule has 1 aliphatic heterocycles. The quantitative estimate of drug-likeness (QED) is 0.853. The maximum atomic E-state index is 12.4. The standard InChI is InChI=1S/C19H23N3O4S/c1-13-11-17-18(22(3)27(24,25)21(17)2)12-16(13)20-19(23)10-7-14-5-8-15(26-4)9-6-14/h5-6,8-9,11-12H,7,10H2,1-4H3,(H,20,23). The number of nitrogens with zero attached hydrogens (tertiary/aromatic N) is 2. The van der Waals surface area contributed by atoms with Crippen LogP contribution in [0.3, 0.4) is 0 Å². The predicted octanol–water partition coefficient (Wildman–Crippen LogP) is 2.71. The van der Waals surface area contributed by atoms with E-state index in [9.17, 15) is 13.2 Å². The minimum Gasteiger partial charge on any atom is -0.497 e. The molecule has 0 saturated carbocycles. The van der Waals surface area contributed by atoms with E-state index in [1.807, 2.05) is 31.2 Å². The van der Waals surface area contributed by atoms with E-state index in [0.29, 0.717) is 29.9 Å². The Balaban J connectivity index is 1.71. The molecule has 0 spiro atoms. The van der Waals surface area contributed by atoms with Gasteiger partial charge in [0.2, 0.25) is 5.91 Å². The van der Waals surface area contributed by atoms with E-state index >= 15 is 0 Å². The number of methoxy groups -OCH3 is 1. The lowest BCUT2D eigenvalue weighted by Crippen LogP contribution is -2.32. The van der Waals surface area contributed by atoms with E-state index in [-0.39, 0.29) is 5.91 Å². The third-order valence-corrected chi connectivity index (χ3v) is 6.54. The lowest BCUT2D eigenvalue weighted by Gasteiger charge is -2.13. The van der Waals surface area contributed by atoms with Crippen molar-refractivity contribution >= 4 is 33.2 Å². The van der Waals surface area contributed by atoms with Crippen molar-refractivity contribution < 1.29 is 17.9 Å². The maximum absolute atomic E-state index is 12.4. The molecule has 0 fully saturated rings. The van der Waals surface area contributed by atoms with Crippen LogP contribution in [0.2, 0.25) is 0 Å². The van der Waals surface area contributed by atoms with Gasteiger partial charge in [-0.15, -0.1) is 0 Å². The third-order valence-electron chi connectivity index (χ3n) is 4.77. The molecule has 1 amide bonds. The minimum atomic E-state index is -3.53. The number of nitrogens with one attached hydrogen (secondary N) is 1. The number of anilines is 3. The first-order valence-corrected chi connectivity index (χ1v) is 9.94. The van der Waals surface area contributed by atoms with Crippen molar-refractivity contribution in [1.29, 1.82) is 0 Å². The van der Waals surface area contributed by atoms with E-state index in [4.69, 9.17) is 4.74 Å². The topological polar surface area (TPSA) is 79.0 Å². The van der Waals surface area contributed by atoms with E-state index in [1.165, 1.54) is 22.7 Å². The molecule has 0 atom stereocenters. The normalized spacial score (nSPS) is 14.8. The van der Waals surface area contributed by atoms with Crippen LogP contribution in [0.1, 0.15) is 17.5 Å². The molecular formula is C19H23N3O4S. The molecule has 0 aliphatic carbocycles. The highest BCUT2D eigenvalue weighted by molar-refractivity contribution is 7.94. The van der Waals surface area contributed by atoms with Gasteiger partial charge in [-0.3, -0.25) is 13.4 Å². The Labute approximate surface area is 159 Å². The molecule has 1 aliphatic rings. The van der Waals surface area contributed by atoms with Crippen molar-refractivity contribution in [2.24, 2.45) is 0 Å². The number of carbonyl (C=O) groups excluding carboxylic acids is 1. The number of fused-ring (bicyclic) bond motifs is 1. The molecule has 0 radical (unpaired) electrons. The van der Waals surface area contributed by atoms with Crippen molar-refractivity contribution in [2.45, 2.75) is 19.8 Å². The van der Waals surface area contributed by atoms with E-state index in [0.717, 1.165) is 16.9 Å². The summed E-state index contributed by atoms with van der Waals surface area (Å²) >= 11 is 0. The molecule has 1 N–H and O–H groups in total. The number of hydrogen-bond donors (Lipinski definition) is 1. The van der Waals surface area contributed by atoms with Gasteiger partial charge < -0.3 is 10.1 Å². The predicted molar refractivity (Wildman–Crippen MR) is 107 cm³/mol. The van der Waals surface area contributed by atoms with Crippen molar-refractivity contribution in [3.63, 3.8) is 0 Å². The first-order chi connectivity index (χ1) is 12.7. The molecule has 1 heterocycles. The molecule has 144 valence electrons. The van der Waals surface area contributed by atoms with Gasteiger partial charge in [-0.1, -0.05) is 12.1 Å². The van der Waals surface area contributed by atoms with Gasteiger partial charge in [-0.25, -0.2) is 0 Å². The number of ether oxygens (including phenoxy) is 1. The van der Waals surface area contributed by atoms with Gasteiger partial charge in [0.1, 0.15) is 5.75 Å². The monoisotopic (exact) mass is 389 g/mol. The zero-order valence-electron chi connectivity index (χ0n) is 15.8. The van der Waals surface area contributed by atoms with Crippen LogP contribution in [0.25, 0.3) is 0 Å². The van der Waals surface area contributed by atoms with Gasteiger partial charge in [0.05, 0.1) is 18.5 Å². The third kappa shape index (κ3) is 3.57. The first kappa shape index (κ1) is 19.0. The summed E-state index contributed by atoms with van der Waals surface area (Å²) in [6.07, 6.45) is 0.938. The Kier molecular flexibility index (Phi) is 5.01. The number of amides is 1. The average Bonchev–Trinajstić information content (AvgIpc) is 2.81. The minimum absolute atomic E-state index is 0.120. The number of aryl methyl sites for hydroxylation is 2. The fourth-order valence-electron chi connectivity index (χ4n) is 3.02. The van der Waals surface area contributed by atoms with Crippen LogP contribution in [0.5, 0.6) is 5.75 Å². The summed E-state index contributed by atoms with van der Waals surface area (Å²) in [5.74, 6) is 0.659. The molecule has 0 bridgehead atoms. The number of benzene rings is 2. The molecule has 0 aromatic heterocycles. The molecule has 27 heavy (non-hydrogen) atoms. The average molecular weight is 389 g/mol. The Morgan fingerprint density at radius 3 is 2.26 bits per heavy atom. The number of carbonyl (C=O) groups is 1. The van der Waals surface area contributed by atoms with Crippen LogP contribution in [-0.4, -0.2) is 35.5 Å². The van der Waals surface area contributed by atoms with E-state index < -0.39 is 10.2 Å². The fourth-order valence-corrected chi connectivity index (χ4v) is 4.17. The summed E-state index contributed by atoms with van der Waals surface area (Å²) in [6.45, 7) is 1.85. The van der Waals surface area contributed by atoms with Gasteiger partial charge in [0.15, 0.2) is 0 Å². The highest BCUT2D eigenvalue weighted by Gasteiger charge is 2.35. The van der Waals surface area contributed by atoms with Gasteiger partial charge in [-0.05, 0) is 48.7 Å². The van der Waals surface area contributed by atoms with Crippen LogP contribution in [0, 0.1) is 6.92 Å². The highest BCUT2D eigenvalue weighted by Crippen LogP contribution is 2.41. The lowest BCUT2D eigenvalue weighted by atomic mass is 10.1. The van der Waals surface area contributed by atoms with Crippen LogP contribution >= 0.6 is 0 Å². The number of rotatable bonds is 5. The molecular weight excluding hydrogens is 366 g/mol. The highest BCUT2D eigenvalue weighted by atomic mass is 32.2. The maximum Gasteiger partial charge on any atom is 0.326 e. The Hall–Kier alpha value is -2.74. The Bertz CT molecular complexity index is 971. The fraction of sp³-hybridized carbons (Fsp3) is 0.316. The first-order valence-electron chi connectivity index (χ1n) is 8.54. The van der Waals surface area contributed by atoms with Gasteiger partial charge >= 0.3 is 10.2 Å². The summed E-state index contributed by atoms with van der Waals surface area (Å²) in [7, 11) is 1.10. The van der Waals surface area contributed by atoms with Crippen molar-refractivity contribution in [2.75, 3.05) is 35.1 Å². The summed E-state index contributed by atoms with van der Waals surface area (Å²) in [6, 6.07) is 11.1. The molecule has 7 nitrogen and oxygen atoms in total. The molecule has 3 rings (SSSR count). The smallest absolute Gasteiger partial charge is 0.326 e. The second kappa shape index (κ2) is 7.11. The van der Waals surface area contributed by atoms with Crippen molar-refractivity contribution in [3.8, 4) is 5.75 Å². The second-order valence-electron chi connectivity index (χ2n) is 6.49. The van der Waals surface area contributed by atoms with E-state index in [2.05, 4.69) is 5.32 Å². The molecule has 0 unspecified atom stereocenters. The van der Waals surface area contributed by atoms with Crippen LogP contribution in [0.4, 0.5) is 17.1 Å². The van der Waals surface area contributed by atoms with Gasteiger partial charge in [-0.2, -0.15) is 8.42 Å². The summed E-state index contributed by atoms with van der Waals surface area (Å²) in [5.41, 5.74) is 3.62.